The first-order valence-corrected chi connectivity index (χ1v) is 7.78. The van der Waals surface area contributed by atoms with Crippen molar-refractivity contribution in [2.75, 3.05) is 20.2 Å². The number of ether oxygens (including phenoxy) is 2. The van der Waals surface area contributed by atoms with Crippen molar-refractivity contribution in [3.63, 3.8) is 0 Å². The number of likely N-dealkylation sites (tertiary alicyclic amines) is 1. The van der Waals surface area contributed by atoms with Crippen molar-refractivity contribution in [2.24, 2.45) is 5.73 Å². The Morgan fingerprint density at radius 2 is 2.09 bits per heavy atom. The minimum atomic E-state index is -0.531. The average Bonchev–Trinajstić information content (AvgIpc) is 2.45. The SMILES string of the molecule is COc1ccc([C@H]2CCN(C(=O)OC(C)(C)C)C[C@@H]2N)cc1F. The maximum Gasteiger partial charge on any atom is 0.410 e. The number of nitrogens with zero attached hydrogens (tertiary/aromatic N) is 1. The van der Waals surface area contributed by atoms with E-state index in [0.29, 0.717) is 19.5 Å². The summed E-state index contributed by atoms with van der Waals surface area (Å²) < 4.78 is 24.2. The summed E-state index contributed by atoms with van der Waals surface area (Å²) >= 11 is 0. The Kier molecular flexibility index (Phi) is 5.14. The predicted octanol–water partition coefficient (Wildman–Crippen LogP) is 2.89. The molecule has 6 heteroatoms. The van der Waals surface area contributed by atoms with Crippen LogP contribution in [0.5, 0.6) is 5.75 Å². The van der Waals surface area contributed by atoms with Crippen LogP contribution >= 0.6 is 0 Å². The van der Waals surface area contributed by atoms with E-state index < -0.39 is 11.4 Å². The summed E-state index contributed by atoms with van der Waals surface area (Å²) in [5.74, 6) is -0.172. The van der Waals surface area contributed by atoms with Gasteiger partial charge in [0.05, 0.1) is 7.11 Å². The largest absolute Gasteiger partial charge is 0.494 e. The van der Waals surface area contributed by atoms with E-state index in [9.17, 15) is 9.18 Å². The summed E-state index contributed by atoms with van der Waals surface area (Å²) in [4.78, 5) is 13.7. The topological polar surface area (TPSA) is 64.8 Å². The number of carbonyl (C=O) groups is 1. The van der Waals surface area contributed by atoms with Crippen LogP contribution in [0.15, 0.2) is 18.2 Å². The molecular weight excluding hydrogens is 299 g/mol. The van der Waals surface area contributed by atoms with Crippen molar-refractivity contribution in [1.29, 1.82) is 0 Å². The van der Waals surface area contributed by atoms with Gasteiger partial charge in [-0.3, -0.25) is 0 Å². The second-order valence-electron chi connectivity index (χ2n) is 6.88. The van der Waals surface area contributed by atoms with E-state index in [1.807, 2.05) is 26.8 Å². The van der Waals surface area contributed by atoms with Gasteiger partial charge in [-0.05, 0) is 44.9 Å². The molecule has 1 fully saturated rings. The van der Waals surface area contributed by atoms with E-state index in [0.717, 1.165) is 5.56 Å². The van der Waals surface area contributed by atoms with Crippen LogP contribution < -0.4 is 10.5 Å². The van der Waals surface area contributed by atoms with Crippen LogP contribution in [-0.2, 0) is 4.74 Å². The molecule has 2 N–H and O–H groups in total. The molecule has 0 aliphatic carbocycles. The molecule has 0 radical (unpaired) electrons. The number of rotatable bonds is 2. The molecule has 1 heterocycles. The first-order chi connectivity index (χ1) is 10.7. The van der Waals surface area contributed by atoms with Crippen LogP contribution in [0.1, 0.15) is 38.7 Å². The fourth-order valence-corrected chi connectivity index (χ4v) is 2.80. The third-order valence-corrected chi connectivity index (χ3v) is 3.91. The molecule has 0 saturated carbocycles. The van der Waals surface area contributed by atoms with Crippen LogP contribution in [0.3, 0.4) is 0 Å². The fraction of sp³-hybridized carbons (Fsp3) is 0.588. The molecule has 1 aliphatic rings. The van der Waals surface area contributed by atoms with Gasteiger partial charge in [-0.15, -0.1) is 0 Å². The van der Waals surface area contributed by atoms with Gasteiger partial charge in [0.15, 0.2) is 11.6 Å². The Morgan fingerprint density at radius 3 is 2.61 bits per heavy atom. The average molecular weight is 324 g/mol. The highest BCUT2D eigenvalue weighted by Crippen LogP contribution is 2.30. The molecule has 0 bridgehead atoms. The lowest BCUT2D eigenvalue weighted by molar-refractivity contribution is 0.0186. The molecule has 0 aromatic heterocycles. The Balaban J connectivity index is 2.04. The second kappa shape index (κ2) is 6.74. The minimum Gasteiger partial charge on any atom is -0.494 e. The van der Waals surface area contributed by atoms with E-state index >= 15 is 0 Å². The molecule has 0 unspecified atom stereocenters. The molecule has 0 spiro atoms. The summed E-state index contributed by atoms with van der Waals surface area (Å²) in [7, 11) is 1.43. The first-order valence-electron chi connectivity index (χ1n) is 7.78. The number of methoxy groups -OCH3 is 1. The monoisotopic (exact) mass is 324 g/mol. The van der Waals surface area contributed by atoms with Gasteiger partial charge in [0.25, 0.3) is 0 Å². The predicted molar refractivity (Wildman–Crippen MR) is 86.1 cm³/mol. The number of amides is 1. The smallest absolute Gasteiger partial charge is 0.410 e. The van der Waals surface area contributed by atoms with Gasteiger partial charge in [0.1, 0.15) is 5.60 Å². The lowest BCUT2D eigenvalue weighted by atomic mass is 9.86. The number of hydrogen-bond donors (Lipinski definition) is 1. The van der Waals surface area contributed by atoms with Crippen LogP contribution in [0.4, 0.5) is 9.18 Å². The third-order valence-electron chi connectivity index (χ3n) is 3.91. The van der Waals surface area contributed by atoms with Crippen LogP contribution in [-0.4, -0.2) is 42.8 Å². The number of nitrogens with two attached hydrogens (primary N) is 1. The number of carbonyl (C=O) groups excluding carboxylic acids is 1. The normalized spacial score (nSPS) is 21.9. The molecule has 1 aromatic carbocycles. The highest BCUT2D eigenvalue weighted by molar-refractivity contribution is 5.68. The summed E-state index contributed by atoms with van der Waals surface area (Å²) in [6.07, 6.45) is 0.318. The molecule has 1 amide bonds. The van der Waals surface area contributed by atoms with Crippen molar-refractivity contribution in [1.82, 2.24) is 4.90 Å². The highest BCUT2D eigenvalue weighted by atomic mass is 19.1. The lowest BCUT2D eigenvalue weighted by Crippen LogP contribution is -2.50. The zero-order chi connectivity index (χ0) is 17.2. The summed E-state index contributed by atoms with van der Waals surface area (Å²) in [6.45, 7) is 6.43. The van der Waals surface area contributed by atoms with E-state index in [2.05, 4.69) is 0 Å². The van der Waals surface area contributed by atoms with Gasteiger partial charge in [-0.1, -0.05) is 6.07 Å². The molecule has 1 saturated heterocycles. The fourth-order valence-electron chi connectivity index (χ4n) is 2.80. The minimum absolute atomic E-state index is 0.00842. The highest BCUT2D eigenvalue weighted by Gasteiger charge is 2.32. The van der Waals surface area contributed by atoms with E-state index in [1.54, 1.807) is 11.0 Å². The van der Waals surface area contributed by atoms with Crippen molar-refractivity contribution in [3.05, 3.63) is 29.6 Å². The molecule has 23 heavy (non-hydrogen) atoms. The number of halogens is 1. The summed E-state index contributed by atoms with van der Waals surface area (Å²) in [5.41, 5.74) is 6.52. The molecule has 1 aromatic rings. The Bertz CT molecular complexity index is 571. The maximum atomic E-state index is 13.9. The molecule has 128 valence electrons. The molecule has 1 aliphatic heterocycles. The zero-order valence-corrected chi connectivity index (χ0v) is 14.1. The van der Waals surface area contributed by atoms with Gasteiger partial charge in [-0.25, -0.2) is 9.18 Å². The van der Waals surface area contributed by atoms with Crippen molar-refractivity contribution >= 4 is 6.09 Å². The Morgan fingerprint density at radius 1 is 1.39 bits per heavy atom. The first kappa shape index (κ1) is 17.5. The van der Waals surface area contributed by atoms with E-state index in [-0.39, 0.29) is 23.8 Å². The second-order valence-corrected chi connectivity index (χ2v) is 6.88. The quantitative estimate of drug-likeness (QED) is 0.908. The summed E-state index contributed by atoms with van der Waals surface area (Å²) in [5, 5.41) is 0. The molecule has 5 nitrogen and oxygen atoms in total. The Labute approximate surface area is 136 Å². The van der Waals surface area contributed by atoms with E-state index in [4.69, 9.17) is 15.2 Å². The molecule has 2 atom stereocenters. The van der Waals surface area contributed by atoms with Crippen LogP contribution in [0.2, 0.25) is 0 Å². The third kappa shape index (κ3) is 4.34. The zero-order valence-electron chi connectivity index (χ0n) is 14.1. The lowest BCUT2D eigenvalue weighted by Gasteiger charge is -2.37. The van der Waals surface area contributed by atoms with Gasteiger partial charge >= 0.3 is 6.09 Å². The van der Waals surface area contributed by atoms with Crippen molar-refractivity contribution in [2.45, 2.75) is 44.8 Å². The maximum absolute atomic E-state index is 13.9. The van der Waals surface area contributed by atoms with Crippen molar-refractivity contribution < 1.29 is 18.7 Å². The molecule has 2 rings (SSSR count). The van der Waals surface area contributed by atoms with Gasteiger partial charge in [0, 0.05) is 25.0 Å². The Hall–Kier alpha value is -1.82. The number of piperidine rings is 1. The van der Waals surface area contributed by atoms with Gasteiger partial charge in [-0.2, -0.15) is 0 Å². The van der Waals surface area contributed by atoms with Gasteiger partial charge < -0.3 is 20.1 Å². The number of hydrogen-bond acceptors (Lipinski definition) is 4. The van der Waals surface area contributed by atoms with Crippen LogP contribution in [0, 0.1) is 5.82 Å². The van der Waals surface area contributed by atoms with Crippen LogP contribution in [0.25, 0.3) is 0 Å². The standard InChI is InChI=1S/C17H25FN2O3/c1-17(2,3)23-16(21)20-8-7-12(14(19)10-20)11-5-6-15(22-4)13(18)9-11/h5-6,9,12,14H,7-8,10,19H2,1-4H3/t12-,14+/m1/s1. The molecular formula is C17H25FN2O3. The number of benzene rings is 1. The van der Waals surface area contributed by atoms with Crippen molar-refractivity contribution in [3.8, 4) is 5.75 Å². The summed E-state index contributed by atoms with van der Waals surface area (Å²) in [6, 6.07) is 4.64. The van der Waals surface area contributed by atoms with E-state index in [1.165, 1.54) is 13.2 Å². The van der Waals surface area contributed by atoms with Gasteiger partial charge in [0.2, 0.25) is 0 Å².